The normalized spacial score (nSPS) is 19.2. The molecule has 0 radical (unpaired) electrons. The molecule has 176 valence electrons. The molecule has 1 N–H and O–H groups in total. The van der Waals surface area contributed by atoms with Crippen molar-refractivity contribution >= 4 is 0 Å². The van der Waals surface area contributed by atoms with E-state index in [4.69, 9.17) is 14.2 Å². The van der Waals surface area contributed by atoms with Crippen molar-refractivity contribution in [3.8, 4) is 11.5 Å². The van der Waals surface area contributed by atoms with Gasteiger partial charge in [-0.3, -0.25) is 4.90 Å². The summed E-state index contributed by atoms with van der Waals surface area (Å²) in [6.07, 6.45) is 3.15. The van der Waals surface area contributed by atoms with Gasteiger partial charge >= 0.3 is 0 Å². The van der Waals surface area contributed by atoms with E-state index < -0.39 is 5.60 Å². The molecule has 1 aliphatic rings. The molecule has 0 saturated carbocycles. The standard InChI is InChI=1S/C24H29FN4O4/c1-19-11-22(5-6-23(19)25)33-16-24(30)14-28(7-9-31-15-24)13-20-3-2-4-21(12-20)32-10-8-29-18-26-17-27-29/h2-6,11-12,17-18,30H,7-10,13-16H2,1H3/t24-/m0/s1. The maximum Gasteiger partial charge on any atom is 0.137 e. The van der Waals surface area contributed by atoms with Crippen molar-refractivity contribution in [2.45, 2.75) is 25.6 Å². The minimum atomic E-state index is -1.18. The van der Waals surface area contributed by atoms with Gasteiger partial charge in [0, 0.05) is 19.6 Å². The SMILES string of the molecule is Cc1cc(OC[C@@]2(O)COCCN(Cc3cccc(OCCn4cncn4)c3)C2)ccc1F. The summed E-state index contributed by atoms with van der Waals surface area (Å²) in [5.74, 6) is 1.02. The third-order valence-electron chi connectivity index (χ3n) is 5.44. The predicted molar refractivity (Wildman–Crippen MR) is 120 cm³/mol. The van der Waals surface area contributed by atoms with Gasteiger partial charge in [-0.1, -0.05) is 12.1 Å². The van der Waals surface area contributed by atoms with Crippen LogP contribution in [0.15, 0.2) is 55.1 Å². The fraction of sp³-hybridized carbons (Fsp3) is 0.417. The van der Waals surface area contributed by atoms with Gasteiger partial charge in [-0.25, -0.2) is 14.1 Å². The molecule has 1 saturated heterocycles. The average Bonchev–Trinajstić information content (AvgIpc) is 3.24. The lowest BCUT2D eigenvalue weighted by molar-refractivity contribution is -0.0646. The van der Waals surface area contributed by atoms with Crippen molar-refractivity contribution in [3.05, 3.63) is 72.1 Å². The van der Waals surface area contributed by atoms with Crippen LogP contribution in [0.1, 0.15) is 11.1 Å². The smallest absolute Gasteiger partial charge is 0.137 e. The highest BCUT2D eigenvalue weighted by Crippen LogP contribution is 2.21. The number of aromatic nitrogens is 3. The number of aliphatic hydroxyl groups is 1. The summed E-state index contributed by atoms with van der Waals surface area (Å²) in [6, 6.07) is 12.5. The van der Waals surface area contributed by atoms with Crippen LogP contribution in [-0.2, 0) is 17.8 Å². The average molecular weight is 457 g/mol. The highest BCUT2D eigenvalue weighted by Gasteiger charge is 2.33. The highest BCUT2D eigenvalue weighted by atomic mass is 19.1. The second-order valence-corrected chi connectivity index (χ2v) is 8.34. The topological polar surface area (TPSA) is 81.9 Å². The van der Waals surface area contributed by atoms with Crippen molar-refractivity contribution in [2.24, 2.45) is 0 Å². The first-order valence-corrected chi connectivity index (χ1v) is 10.9. The Kier molecular flexibility index (Phi) is 7.54. The van der Waals surface area contributed by atoms with Crippen molar-refractivity contribution in [1.82, 2.24) is 19.7 Å². The van der Waals surface area contributed by atoms with E-state index in [0.29, 0.717) is 50.7 Å². The molecular formula is C24H29FN4O4. The third-order valence-corrected chi connectivity index (χ3v) is 5.44. The Morgan fingerprint density at radius 1 is 1.18 bits per heavy atom. The van der Waals surface area contributed by atoms with Crippen LogP contribution >= 0.6 is 0 Å². The lowest BCUT2D eigenvalue weighted by Crippen LogP contribution is -2.48. The number of ether oxygens (including phenoxy) is 3. The van der Waals surface area contributed by atoms with Gasteiger partial charge in [-0.05, 0) is 48.4 Å². The van der Waals surface area contributed by atoms with Crippen LogP contribution < -0.4 is 9.47 Å². The Labute approximate surface area is 192 Å². The molecule has 1 atom stereocenters. The van der Waals surface area contributed by atoms with Gasteiger partial charge in [-0.15, -0.1) is 0 Å². The van der Waals surface area contributed by atoms with E-state index >= 15 is 0 Å². The number of hydrogen-bond acceptors (Lipinski definition) is 7. The molecule has 1 aromatic heterocycles. The minimum Gasteiger partial charge on any atom is -0.492 e. The molecule has 1 fully saturated rings. The number of rotatable bonds is 9. The summed E-state index contributed by atoms with van der Waals surface area (Å²) in [5, 5.41) is 15.2. The minimum absolute atomic E-state index is 0.0556. The second-order valence-electron chi connectivity index (χ2n) is 8.34. The van der Waals surface area contributed by atoms with Gasteiger partial charge in [0.2, 0.25) is 0 Å². The molecule has 9 heteroatoms. The maximum atomic E-state index is 13.5. The molecular weight excluding hydrogens is 427 g/mol. The lowest BCUT2D eigenvalue weighted by atomic mass is 10.1. The van der Waals surface area contributed by atoms with E-state index in [1.807, 2.05) is 24.3 Å². The van der Waals surface area contributed by atoms with Crippen molar-refractivity contribution in [3.63, 3.8) is 0 Å². The quantitative estimate of drug-likeness (QED) is 0.530. The number of hydrogen-bond donors (Lipinski definition) is 1. The molecule has 4 rings (SSSR count). The van der Waals surface area contributed by atoms with E-state index in [0.717, 1.165) is 11.3 Å². The van der Waals surface area contributed by atoms with E-state index in [9.17, 15) is 9.50 Å². The Balaban J connectivity index is 1.32. The van der Waals surface area contributed by atoms with Gasteiger partial charge in [0.15, 0.2) is 0 Å². The molecule has 33 heavy (non-hydrogen) atoms. The predicted octanol–water partition coefficient (Wildman–Crippen LogP) is 2.45. The fourth-order valence-corrected chi connectivity index (χ4v) is 3.74. The van der Waals surface area contributed by atoms with E-state index in [-0.39, 0.29) is 19.0 Å². The van der Waals surface area contributed by atoms with Gasteiger partial charge in [0.05, 0.1) is 19.8 Å². The van der Waals surface area contributed by atoms with Gasteiger partial charge in [-0.2, -0.15) is 5.10 Å². The maximum absolute atomic E-state index is 13.5. The lowest BCUT2D eigenvalue weighted by Gasteiger charge is -2.30. The fourth-order valence-electron chi connectivity index (χ4n) is 3.74. The number of benzene rings is 2. The van der Waals surface area contributed by atoms with Gasteiger partial charge in [0.1, 0.15) is 48.8 Å². The highest BCUT2D eigenvalue weighted by molar-refractivity contribution is 5.29. The zero-order valence-corrected chi connectivity index (χ0v) is 18.7. The first kappa shape index (κ1) is 23.2. The van der Waals surface area contributed by atoms with Crippen molar-refractivity contribution in [1.29, 1.82) is 0 Å². The largest absolute Gasteiger partial charge is 0.492 e. The molecule has 0 bridgehead atoms. The third kappa shape index (κ3) is 6.74. The molecule has 1 aliphatic heterocycles. The van der Waals surface area contributed by atoms with Crippen LogP contribution in [0.2, 0.25) is 0 Å². The first-order valence-electron chi connectivity index (χ1n) is 10.9. The summed E-state index contributed by atoms with van der Waals surface area (Å²) in [5.41, 5.74) is 0.402. The van der Waals surface area contributed by atoms with Crippen LogP contribution in [0.4, 0.5) is 4.39 Å². The first-order chi connectivity index (χ1) is 16.0. The zero-order valence-electron chi connectivity index (χ0n) is 18.7. The summed E-state index contributed by atoms with van der Waals surface area (Å²) >= 11 is 0. The molecule has 0 unspecified atom stereocenters. The Morgan fingerprint density at radius 3 is 2.88 bits per heavy atom. The van der Waals surface area contributed by atoms with Crippen molar-refractivity contribution < 1.29 is 23.7 Å². The number of nitrogens with zero attached hydrogens (tertiary/aromatic N) is 4. The van der Waals surface area contributed by atoms with E-state index in [1.165, 1.54) is 12.4 Å². The Bertz CT molecular complexity index is 1030. The molecule has 0 spiro atoms. The second kappa shape index (κ2) is 10.7. The zero-order chi connectivity index (χ0) is 23.1. The van der Waals surface area contributed by atoms with Crippen molar-refractivity contribution in [2.75, 3.05) is 39.5 Å². The molecule has 2 aromatic carbocycles. The summed E-state index contributed by atoms with van der Waals surface area (Å²) in [6.45, 7) is 5.27. The van der Waals surface area contributed by atoms with Crippen LogP contribution in [0, 0.1) is 12.7 Å². The summed E-state index contributed by atoms with van der Waals surface area (Å²) in [4.78, 5) is 6.06. The van der Waals surface area contributed by atoms with Gasteiger partial charge < -0.3 is 19.3 Å². The van der Waals surface area contributed by atoms with E-state index in [2.05, 4.69) is 15.0 Å². The van der Waals surface area contributed by atoms with E-state index in [1.54, 1.807) is 30.1 Å². The van der Waals surface area contributed by atoms with Gasteiger partial charge in [0.25, 0.3) is 0 Å². The molecule has 2 heterocycles. The van der Waals surface area contributed by atoms with Crippen LogP contribution in [-0.4, -0.2) is 69.9 Å². The van der Waals surface area contributed by atoms with Crippen LogP contribution in [0.25, 0.3) is 0 Å². The monoisotopic (exact) mass is 456 g/mol. The summed E-state index contributed by atoms with van der Waals surface area (Å²) in [7, 11) is 0. The molecule has 0 amide bonds. The number of aryl methyl sites for hydroxylation is 1. The number of β-amino-alcohol motifs (C(OH)–C–C–N with tert-alkyl or cyclic N) is 1. The molecule has 3 aromatic rings. The molecule has 0 aliphatic carbocycles. The van der Waals surface area contributed by atoms with Crippen LogP contribution in [0.5, 0.6) is 11.5 Å². The van der Waals surface area contributed by atoms with Crippen LogP contribution in [0.3, 0.4) is 0 Å². The molecule has 8 nitrogen and oxygen atoms in total. The number of halogens is 1. The summed E-state index contributed by atoms with van der Waals surface area (Å²) < 4.78 is 32.5. The Hall–Kier alpha value is -3.01. The Morgan fingerprint density at radius 2 is 2.06 bits per heavy atom.